The van der Waals surface area contributed by atoms with Crippen LogP contribution in [0.4, 0.5) is 5.69 Å². The summed E-state index contributed by atoms with van der Waals surface area (Å²) in [6.45, 7) is 4.62. The van der Waals surface area contributed by atoms with E-state index in [9.17, 15) is 0 Å². The zero-order chi connectivity index (χ0) is 12.4. The molecule has 3 nitrogen and oxygen atoms in total. The summed E-state index contributed by atoms with van der Waals surface area (Å²) < 4.78 is 5.53. The number of anilines is 1. The number of nitrogens with zero attached hydrogens (tertiary/aromatic N) is 1. The standard InChI is InChI=1S/C15H22N2O/c1-18-15-5-4-13(17-8-2-3-9-17)10-14(15)12-6-7-16-11-12/h4-5,10,12,16H,2-3,6-9,11H2,1H3. The molecular weight excluding hydrogens is 224 g/mol. The van der Waals surface area contributed by atoms with Crippen molar-refractivity contribution in [3.05, 3.63) is 23.8 Å². The zero-order valence-corrected chi connectivity index (χ0v) is 11.1. The second kappa shape index (κ2) is 5.19. The molecule has 2 aliphatic rings. The van der Waals surface area contributed by atoms with E-state index in [4.69, 9.17) is 4.74 Å². The van der Waals surface area contributed by atoms with Crippen molar-refractivity contribution in [3.63, 3.8) is 0 Å². The third-order valence-corrected chi connectivity index (χ3v) is 4.18. The SMILES string of the molecule is COc1ccc(N2CCCC2)cc1C1CCNC1. The van der Waals surface area contributed by atoms with E-state index in [0.717, 1.165) is 18.8 Å². The Kier molecular flexibility index (Phi) is 3.41. The second-order valence-corrected chi connectivity index (χ2v) is 5.31. The monoisotopic (exact) mass is 246 g/mol. The van der Waals surface area contributed by atoms with E-state index in [1.165, 1.54) is 43.6 Å². The van der Waals surface area contributed by atoms with Gasteiger partial charge in [-0.25, -0.2) is 0 Å². The minimum Gasteiger partial charge on any atom is -0.496 e. The number of hydrogen-bond donors (Lipinski definition) is 1. The highest BCUT2D eigenvalue weighted by Gasteiger charge is 2.22. The lowest BCUT2D eigenvalue weighted by atomic mass is 9.96. The van der Waals surface area contributed by atoms with Gasteiger partial charge in [-0.15, -0.1) is 0 Å². The quantitative estimate of drug-likeness (QED) is 0.886. The lowest BCUT2D eigenvalue weighted by Gasteiger charge is -2.21. The van der Waals surface area contributed by atoms with Gasteiger partial charge in [0.05, 0.1) is 7.11 Å². The minimum absolute atomic E-state index is 0.613. The first-order chi connectivity index (χ1) is 8.88. The van der Waals surface area contributed by atoms with E-state index < -0.39 is 0 Å². The van der Waals surface area contributed by atoms with Crippen LogP contribution in [0.25, 0.3) is 0 Å². The highest BCUT2D eigenvalue weighted by molar-refractivity contribution is 5.55. The maximum Gasteiger partial charge on any atom is 0.122 e. The van der Waals surface area contributed by atoms with Crippen molar-refractivity contribution >= 4 is 5.69 Å². The summed E-state index contributed by atoms with van der Waals surface area (Å²) in [6, 6.07) is 6.69. The van der Waals surface area contributed by atoms with Crippen LogP contribution < -0.4 is 15.0 Å². The number of methoxy groups -OCH3 is 1. The predicted molar refractivity (Wildman–Crippen MR) is 74.7 cm³/mol. The highest BCUT2D eigenvalue weighted by atomic mass is 16.5. The molecule has 0 aromatic heterocycles. The topological polar surface area (TPSA) is 24.5 Å². The summed E-state index contributed by atoms with van der Waals surface area (Å²) >= 11 is 0. The molecule has 2 heterocycles. The summed E-state index contributed by atoms with van der Waals surface area (Å²) in [7, 11) is 1.77. The van der Waals surface area contributed by atoms with Crippen LogP contribution in [-0.2, 0) is 0 Å². The Morgan fingerprint density at radius 2 is 2.11 bits per heavy atom. The molecule has 1 unspecified atom stereocenters. The van der Waals surface area contributed by atoms with Crippen LogP contribution in [-0.4, -0.2) is 33.3 Å². The normalized spacial score (nSPS) is 23.6. The molecule has 1 atom stereocenters. The van der Waals surface area contributed by atoms with Crippen LogP contribution in [0.2, 0.25) is 0 Å². The predicted octanol–water partition coefficient (Wildman–Crippen LogP) is 2.37. The third kappa shape index (κ3) is 2.19. The fourth-order valence-corrected chi connectivity index (χ4v) is 3.13. The van der Waals surface area contributed by atoms with Crippen molar-refractivity contribution in [2.24, 2.45) is 0 Å². The molecule has 3 rings (SSSR count). The molecule has 1 aromatic carbocycles. The first-order valence-corrected chi connectivity index (χ1v) is 7.02. The maximum atomic E-state index is 5.53. The molecule has 0 saturated carbocycles. The summed E-state index contributed by atoms with van der Waals surface area (Å²) in [5.41, 5.74) is 2.75. The van der Waals surface area contributed by atoms with Crippen LogP contribution in [0.15, 0.2) is 18.2 Å². The van der Waals surface area contributed by atoms with Gasteiger partial charge in [0.15, 0.2) is 0 Å². The van der Waals surface area contributed by atoms with Crippen LogP contribution in [0.1, 0.15) is 30.7 Å². The lowest BCUT2D eigenvalue weighted by molar-refractivity contribution is 0.406. The van der Waals surface area contributed by atoms with Crippen molar-refractivity contribution in [2.45, 2.75) is 25.2 Å². The average molecular weight is 246 g/mol. The molecule has 0 spiro atoms. The van der Waals surface area contributed by atoms with E-state index in [2.05, 4.69) is 28.4 Å². The molecule has 1 N–H and O–H groups in total. The maximum absolute atomic E-state index is 5.53. The molecule has 98 valence electrons. The van der Waals surface area contributed by atoms with Crippen LogP contribution in [0.5, 0.6) is 5.75 Å². The van der Waals surface area contributed by atoms with Gasteiger partial charge >= 0.3 is 0 Å². The Bertz CT molecular complexity index is 407. The minimum atomic E-state index is 0.613. The number of nitrogens with one attached hydrogen (secondary N) is 1. The molecule has 0 radical (unpaired) electrons. The van der Waals surface area contributed by atoms with Crippen molar-refractivity contribution in [1.29, 1.82) is 0 Å². The van der Waals surface area contributed by atoms with Gasteiger partial charge in [0.2, 0.25) is 0 Å². The summed E-state index contributed by atoms with van der Waals surface area (Å²) in [5, 5.41) is 3.44. The van der Waals surface area contributed by atoms with Gasteiger partial charge in [-0.1, -0.05) is 0 Å². The molecule has 2 fully saturated rings. The Morgan fingerprint density at radius 3 is 2.78 bits per heavy atom. The Morgan fingerprint density at radius 1 is 1.28 bits per heavy atom. The number of benzene rings is 1. The molecule has 0 aliphatic carbocycles. The molecular formula is C15H22N2O. The fourth-order valence-electron chi connectivity index (χ4n) is 3.13. The number of rotatable bonds is 3. The van der Waals surface area contributed by atoms with Crippen molar-refractivity contribution in [3.8, 4) is 5.75 Å². The average Bonchev–Trinajstić information content (AvgIpc) is 3.11. The number of hydrogen-bond acceptors (Lipinski definition) is 3. The van der Waals surface area contributed by atoms with Crippen LogP contribution in [0.3, 0.4) is 0 Å². The van der Waals surface area contributed by atoms with Crippen LogP contribution in [0, 0.1) is 0 Å². The first kappa shape index (κ1) is 11.8. The van der Waals surface area contributed by atoms with Gasteiger partial charge in [0.25, 0.3) is 0 Å². The largest absolute Gasteiger partial charge is 0.496 e. The van der Waals surface area contributed by atoms with Crippen molar-refractivity contribution < 1.29 is 4.74 Å². The number of ether oxygens (including phenoxy) is 1. The van der Waals surface area contributed by atoms with Crippen molar-refractivity contribution in [1.82, 2.24) is 5.32 Å². The Balaban J connectivity index is 1.90. The van der Waals surface area contributed by atoms with E-state index in [1.807, 2.05) is 0 Å². The van der Waals surface area contributed by atoms with Gasteiger partial charge in [-0.3, -0.25) is 0 Å². The van der Waals surface area contributed by atoms with Gasteiger partial charge < -0.3 is 15.0 Å². The Hall–Kier alpha value is -1.22. The van der Waals surface area contributed by atoms with E-state index in [0.29, 0.717) is 5.92 Å². The summed E-state index contributed by atoms with van der Waals surface area (Å²) in [4.78, 5) is 2.49. The second-order valence-electron chi connectivity index (χ2n) is 5.31. The zero-order valence-electron chi connectivity index (χ0n) is 11.1. The summed E-state index contributed by atoms with van der Waals surface area (Å²) in [6.07, 6.45) is 3.87. The fraction of sp³-hybridized carbons (Fsp3) is 0.600. The van der Waals surface area contributed by atoms with E-state index >= 15 is 0 Å². The molecule has 0 bridgehead atoms. The highest BCUT2D eigenvalue weighted by Crippen LogP contribution is 2.34. The lowest BCUT2D eigenvalue weighted by Crippen LogP contribution is -2.18. The van der Waals surface area contributed by atoms with Gasteiger partial charge in [0.1, 0.15) is 5.75 Å². The third-order valence-electron chi connectivity index (χ3n) is 4.18. The summed E-state index contributed by atoms with van der Waals surface area (Å²) in [5.74, 6) is 1.66. The molecule has 2 aliphatic heterocycles. The molecule has 2 saturated heterocycles. The molecule has 3 heteroatoms. The molecule has 1 aromatic rings. The van der Waals surface area contributed by atoms with Crippen LogP contribution >= 0.6 is 0 Å². The van der Waals surface area contributed by atoms with Crippen molar-refractivity contribution in [2.75, 3.05) is 38.2 Å². The first-order valence-electron chi connectivity index (χ1n) is 7.02. The van der Waals surface area contributed by atoms with Gasteiger partial charge in [-0.05, 0) is 44.0 Å². The van der Waals surface area contributed by atoms with E-state index in [1.54, 1.807) is 7.11 Å². The smallest absolute Gasteiger partial charge is 0.122 e. The van der Waals surface area contributed by atoms with E-state index in [-0.39, 0.29) is 0 Å². The molecule has 18 heavy (non-hydrogen) atoms. The molecule has 0 amide bonds. The Labute approximate surface area is 109 Å². The van der Waals surface area contributed by atoms with Gasteiger partial charge in [-0.2, -0.15) is 0 Å². The van der Waals surface area contributed by atoms with Gasteiger partial charge in [0, 0.05) is 36.8 Å².